The monoisotopic (exact) mass is 279 g/mol. The fraction of sp³-hybridized carbons (Fsp3) is 0.583. The molecule has 1 saturated heterocycles. The van der Waals surface area contributed by atoms with Crippen molar-refractivity contribution in [1.29, 1.82) is 0 Å². The van der Waals surface area contributed by atoms with Crippen LogP contribution in [0.5, 0.6) is 0 Å². The normalized spacial score (nSPS) is 22.4. The van der Waals surface area contributed by atoms with Crippen LogP contribution in [0.1, 0.15) is 12.8 Å². The molecule has 0 amide bonds. The summed E-state index contributed by atoms with van der Waals surface area (Å²) in [7, 11) is 3.79. The number of aromatic nitrogens is 4. The number of nitrogens with zero attached hydrogens (tertiary/aromatic N) is 5. The molecule has 20 heavy (non-hydrogen) atoms. The van der Waals surface area contributed by atoms with Crippen LogP contribution in [-0.2, 0) is 4.74 Å². The average molecular weight is 279 g/mol. The molecule has 1 fully saturated rings. The van der Waals surface area contributed by atoms with Gasteiger partial charge >= 0.3 is 0 Å². The van der Waals surface area contributed by atoms with Crippen LogP contribution in [0.15, 0.2) is 12.7 Å². The van der Waals surface area contributed by atoms with Gasteiger partial charge in [0, 0.05) is 20.5 Å². The van der Waals surface area contributed by atoms with Crippen LogP contribution in [0.25, 0.3) is 11.2 Å². The Hall–Kier alpha value is -1.93. The van der Waals surface area contributed by atoms with Crippen molar-refractivity contribution in [2.45, 2.75) is 25.2 Å². The number of hydrogen-bond donors (Lipinski definition) is 1. The topological polar surface area (TPSA) is 85.5 Å². The van der Waals surface area contributed by atoms with Crippen LogP contribution in [0.3, 0.4) is 0 Å². The molecule has 0 aromatic carbocycles. The molecule has 3 heterocycles. The van der Waals surface area contributed by atoms with Gasteiger partial charge in [0.15, 0.2) is 11.3 Å². The summed E-state index contributed by atoms with van der Waals surface area (Å²) in [5, 5.41) is 9.05. The maximum absolute atomic E-state index is 9.05. The third-order valence-electron chi connectivity index (χ3n) is 3.21. The van der Waals surface area contributed by atoms with E-state index in [9.17, 15) is 0 Å². The first kappa shape index (κ1) is 13.1. The second kappa shape index (κ2) is 5.22. The number of aliphatic hydroxyl groups is 1. The summed E-state index contributed by atoms with van der Waals surface area (Å²) >= 11 is 0. The molecular formula is C12H17N5O3. The highest BCUT2D eigenvalue weighted by Crippen LogP contribution is 2.22. The van der Waals surface area contributed by atoms with E-state index in [0.717, 1.165) is 18.7 Å². The number of anilines is 1. The van der Waals surface area contributed by atoms with Crippen LogP contribution >= 0.6 is 0 Å². The van der Waals surface area contributed by atoms with Gasteiger partial charge in [0.1, 0.15) is 12.7 Å². The van der Waals surface area contributed by atoms with Crippen LogP contribution in [0, 0.1) is 0 Å². The van der Waals surface area contributed by atoms with Crippen molar-refractivity contribution in [3.63, 3.8) is 0 Å². The molecule has 0 aliphatic carbocycles. The number of aliphatic hydroxyl groups excluding tert-OH is 1. The molecule has 3 rings (SSSR count). The Kier molecular flexibility index (Phi) is 3.41. The molecular weight excluding hydrogens is 262 g/mol. The summed E-state index contributed by atoms with van der Waals surface area (Å²) in [6.45, 7) is 0.0114. The second-order valence-corrected chi connectivity index (χ2v) is 4.89. The quantitative estimate of drug-likeness (QED) is 0.830. The lowest BCUT2D eigenvalue weighted by molar-refractivity contribution is -0.140. The van der Waals surface area contributed by atoms with Crippen molar-refractivity contribution in [3.05, 3.63) is 12.7 Å². The van der Waals surface area contributed by atoms with Gasteiger partial charge in [-0.1, -0.05) is 0 Å². The minimum Gasteiger partial charge on any atom is -0.394 e. The number of fused-ring (bicyclic) bond motifs is 1. The van der Waals surface area contributed by atoms with Crippen LogP contribution < -0.4 is 9.74 Å². The molecule has 0 bridgehead atoms. The second-order valence-electron chi connectivity index (χ2n) is 4.89. The lowest BCUT2D eigenvalue weighted by Crippen LogP contribution is -2.26. The maximum Gasteiger partial charge on any atom is 0.225 e. The van der Waals surface area contributed by atoms with E-state index in [1.54, 1.807) is 6.33 Å². The molecule has 8 nitrogen and oxygen atoms in total. The molecule has 1 aliphatic rings. The molecule has 108 valence electrons. The summed E-state index contributed by atoms with van der Waals surface area (Å²) in [6, 6.07) is 0. The molecule has 2 aromatic heterocycles. The van der Waals surface area contributed by atoms with Gasteiger partial charge in [-0.25, -0.2) is 15.0 Å². The zero-order chi connectivity index (χ0) is 14.1. The molecule has 0 radical (unpaired) electrons. The SMILES string of the molecule is CN(C)c1ncnc2c1ncn2O[C@@H]1CC[C@@H](CO)O1. The summed E-state index contributed by atoms with van der Waals surface area (Å²) in [5.41, 5.74) is 1.27. The van der Waals surface area contributed by atoms with E-state index in [-0.39, 0.29) is 19.0 Å². The third kappa shape index (κ3) is 2.27. The number of imidazole rings is 1. The van der Waals surface area contributed by atoms with E-state index in [2.05, 4.69) is 15.0 Å². The van der Waals surface area contributed by atoms with Gasteiger partial charge in [-0.15, -0.1) is 4.73 Å². The highest BCUT2D eigenvalue weighted by molar-refractivity contribution is 5.82. The molecule has 0 saturated carbocycles. The molecule has 2 aromatic rings. The van der Waals surface area contributed by atoms with Crippen molar-refractivity contribution in [2.75, 3.05) is 25.6 Å². The molecule has 0 unspecified atom stereocenters. The number of rotatable bonds is 4. The smallest absolute Gasteiger partial charge is 0.225 e. The summed E-state index contributed by atoms with van der Waals surface area (Å²) in [4.78, 5) is 20.3. The fourth-order valence-electron chi connectivity index (χ4n) is 2.22. The van der Waals surface area contributed by atoms with Gasteiger partial charge in [0.25, 0.3) is 0 Å². The van der Waals surface area contributed by atoms with E-state index in [1.165, 1.54) is 11.1 Å². The Bertz CT molecular complexity index is 600. The summed E-state index contributed by atoms with van der Waals surface area (Å²) < 4.78 is 7.03. The van der Waals surface area contributed by atoms with Gasteiger partial charge in [0.2, 0.25) is 11.9 Å². The van der Waals surface area contributed by atoms with E-state index in [1.807, 2.05) is 19.0 Å². The number of hydrogen-bond acceptors (Lipinski definition) is 7. The summed E-state index contributed by atoms with van der Waals surface area (Å²) in [5.74, 6) is 0.734. The lowest BCUT2D eigenvalue weighted by Gasteiger charge is -2.15. The van der Waals surface area contributed by atoms with E-state index >= 15 is 0 Å². The molecule has 1 N–H and O–H groups in total. The maximum atomic E-state index is 9.05. The zero-order valence-corrected chi connectivity index (χ0v) is 11.4. The molecule has 2 atom stereocenters. The highest BCUT2D eigenvalue weighted by Gasteiger charge is 2.27. The first-order valence-electron chi connectivity index (χ1n) is 6.48. The largest absolute Gasteiger partial charge is 0.394 e. The average Bonchev–Trinajstić information content (AvgIpc) is 3.06. The Labute approximate surface area is 115 Å². The van der Waals surface area contributed by atoms with Crippen LogP contribution in [0.2, 0.25) is 0 Å². The minimum absolute atomic E-state index is 0.0114. The van der Waals surface area contributed by atoms with Crippen molar-refractivity contribution in [3.8, 4) is 0 Å². The van der Waals surface area contributed by atoms with Gasteiger partial charge < -0.3 is 19.6 Å². The number of ether oxygens (including phenoxy) is 1. The van der Waals surface area contributed by atoms with Gasteiger partial charge in [0.05, 0.1) is 12.7 Å². The van der Waals surface area contributed by atoms with Crippen LogP contribution in [-0.4, -0.2) is 57.9 Å². The Morgan fingerprint density at radius 3 is 2.95 bits per heavy atom. The van der Waals surface area contributed by atoms with Crippen molar-refractivity contribution in [2.24, 2.45) is 0 Å². The standard InChI is InChI=1S/C12H17N5O3/c1-16(2)11-10-12(14-6-13-11)17(7-15-10)20-9-4-3-8(5-18)19-9/h6-9,18H,3-5H2,1-2H3/t8-,9+/m0/s1. The molecule has 0 spiro atoms. The van der Waals surface area contributed by atoms with Crippen LogP contribution in [0.4, 0.5) is 5.82 Å². The first-order valence-corrected chi connectivity index (χ1v) is 6.48. The molecule has 8 heteroatoms. The predicted octanol–water partition coefficient (Wildman–Crippen LogP) is -0.182. The van der Waals surface area contributed by atoms with Crippen molar-refractivity contribution in [1.82, 2.24) is 19.7 Å². The highest BCUT2D eigenvalue weighted by atomic mass is 16.8. The summed E-state index contributed by atoms with van der Waals surface area (Å²) in [6.07, 6.45) is 4.01. The Morgan fingerprint density at radius 1 is 1.40 bits per heavy atom. The van der Waals surface area contributed by atoms with Crippen molar-refractivity contribution < 1.29 is 14.7 Å². The molecule has 1 aliphatic heterocycles. The van der Waals surface area contributed by atoms with Crippen molar-refractivity contribution >= 4 is 17.0 Å². The lowest BCUT2D eigenvalue weighted by atomic mass is 10.2. The van der Waals surface area contributed by atoms with E-state index in [4.69, 9.17) is 14.7 Å². The van der Waals surface area contributed by atoms with E-state index < -0.39 is 0 Å². The van der Waals surface area contributed by atoms with Gasteiger partial charge in [-0.3, -0.25) is 0 Å². The third-order valence-corrected chi connectivity index (χ3v) is 3.21. The zero-order valence-electron chi connectivity index (χ0n) is 11.4. The predicted molar refractivity (Wildman–Crippen MR) is 71.2 cm³/mol. The van der Waals surface area contributed by atoms with Gasteiger partial charge in [-0.05, 0) is 6.42 Å². The van der Waals surface area contributed by atoms with Gasteiger partial charge in [-0.2, -0.15) is 0 Å². The Balaban J connectivity index is 1.84. The van der Waals surface area contributed by atoms with E-state index in [0.29, 0.717) is 11.2 Å². The fourth-order valence-corrected chi connectivity index (χ4v) is 2.22. The minimum atomic E-state index is -0.387. The first-order chi connectivity index (χ1) is 9.69. The Morgan fingerprint density at radius 2 is 2.25 bits per heavy atom.